The van der Waals surface area contributed by atoms with Crippen LogP contribution in [0.4, 0.5) is 4.79 Å². The number of methoxy groups -OCH3 is 1. The van der Waals surface area contributed by atoms with E-state index in [-0.39, 0.29) is 42.4 Å². The first kappa shape index (κ1) is 38.0. The van der Waals surface area contributed by atoms with E-state index in [0.29, 0.717) is 6.29 Å². The van der Waals surface area contributed by atoms with E-state index < -0.39 is 79.4 Å². The van der Waals surface area contributed by atoms with Gasteiger partial charge in [0.15, 0.2) is 12.4 Å². The van der Waals surface area contributed by atoms with Crippen molar-refractivity contribution in [2.45, 2.75) is 44.0 Å². The second-order valence-electron chi connectivity index (χ2n) is 12.5. The van der Waals surface area contributed by atoms with Gasteiger partial charge in [0, 0.05) is 48.3 Å². The Balaban J connectivity index is 1.25. The molecular weight excluding hydrogens is 690 g/mol. The predicted molar refractivity (Wildman–Crippen MR) is 185 cm³/mol. The number of carboxylic acid groups (broad SMARTS) is 3. The zero-order valence-corrected chi connectivity index (χ0v) is 28.6. The largest absolute Gasteiger partial charge is 0.481 e. The number of ether oxygens (including phenoxy) is 4. The van der Waals surface area contributed by atoms with Crippen LogP contribution in [0.3, 0.4) is 0 Å². The van der Waals surface area contributed by atoms with Gasteiger partial charge in [-0.1, -0.05) is 60.4 Å². The highest BCUT2D eigenvalue weighted by Gasteiger charge is 2.51. The molecule has 1 saturated heterocycles. The van der Waals surface area contributed by atoms with Crippen molar-refractivity contribution in [2.24, 2.45) is 17.8 Å². The molecule has 1 fully saturated rings. The third-order valence-electron chi connectivity index (χ3n) is 9.27. The predicted octanol–water partition coefficient (Wildman–Crippen LogP) is 4.33. The summed E-state index contributed by atoms with van der Waals surface area (Å²) in [5.74, 6) is -2.92. The Morgan fingerprint density at radius 1 is 0.830 bits per heavy atom. The van der Waals surface area contributed by atoms with Crippen LogP contribution >= 0.6 is 0 Å². The molecule has 1 amide bonds. The zero-order valence-electron chi connectivity index (χ0n) is 28.6. The second kappa shape index (κ2) is 17.3. The minimum atomic E-state index is -1.58. The Morgan fingerprint density at radius 2 is 1.43 bits per heavy atom. The minimum absolute atomic E-state index is 0.0476. The Hall–Kier alpha value is -6.20. The summed E-state index contributed by atoms with van der Waals surface area (Å²) in [6.07, 6.45) is -4.98. The molecule has 53 heavy (non-hydrogen) atoms. The normalized spacial score (nSPS) is 20.1. The number of hydrogen-bond acceptors (Lipinski definition) is 10. The first-order chi connectivity index (χ1) is 25.5. The molecule has 0 spiro atoms. The average molecular weight is 728 g/mol. The fraction of sp³-hybridized carbons (Fsp3) is 0.333. The molecule has 0 aromatic heterocycles. The van der Waals surface area contributed by atoms with E-state index in [1.807, 2.05) is 48.5 Å². The summed E-state index contributed by atoms with van der Waals surface area (Å²) in [5.41, 5.74) is 4.81. The summed E-state index contributed by atoms with van der Waals surface area (Å²) in [5, 5.41) is 31.5. The lowest BCUT2D eigenvalue weighted by atomic mass is 9.71. The molecule has 0 saturated carbocycles. The standard InChI is InChI=1S/C39H37NO13/c1-50-37(48)36-30(18-34(44)45)29(17-33(42)43)31(19-35(46)47)38(53-36)52-24-14-13-23(20-41)22(16-24)8-6-7-15-40-39(49)51-21-32-27-11-4-2-9-25(27)26-10-3-5-12-28(26)32/h2-5,9-14,16,20,29-32,36,38H,7,15,17-19,21H2,1H3,(H,40,49)(H,42,43)(H,44,45)(H,46,47)/t29-,30-,31+,36-,38+/m0/s1. The monoisotopic (exact) mass is 727 g/mol. The zero-order chi connectivity index (χ0) is 38.1. The number of rotatable bonds is 14. The van der Waals surface area contributed by atoms with Gasteiger partial charge in [-0.25, -0.2) is 9.59 Å². The third kappa shape index (κ3) is 9.19. The molecule has 276 valence electrons. The fourth-order valence-corrected chi connectivity index (χ4v) is 6.95. The summed E-state index contributed by atoms with van der Waals surface area (Å²) in [6.45, 7) is 0.289. The first-order valence-electron chi connectivity index (χ1n) is 16.7. The highest BCUT2D eigenvalue weighted by Crippen LogP contribution is 2.45. The number of aliphatic carboxylic acids is 3. The molecule has 2 aliphatic rings. The lowest BCUT2D eigenvalue weighted by Crippen LogP contribution is -2.54. The average Bonchev–Trinajstić information content (AvgIpc) is 3.45. The van der Waals surface area contributed by atoms with Crippen molar-refractivity contribution in [2.75, 3.05) is 20.3 Å². The van der Waals surface area contributed by atoms with Crippen LogP contribution in [0.25, 0.3) is 11.1 Å². The number of hydrogen-bond donors (Lipinski definition) is 4. The lowest BCUT2D eigenvalue weighted by molar-refractivity contribution is -0.233. The first-order valence-corrected chi connectivity index (χ1v) is 16.7. The van der Waals surface area contributed by atoms with Gasteiger partial charge in [-0.3, -0.25) is 19.2 Å². The van der Waals surface area contributed by atoms with Crippen molar-refractivity contribution in [1.29, 1.82) is 0 Å². The molecule has 3 aromatic carbocycles. The molecule has 5 atom stereocenters. The third-order valence-corrected chi connectivity index (χ3v) is 9.27. The Kier molecular flexibility index (Phi) is 12.4. The van der Waals surface area contributed by atoms with E-state index in [9.17, 15) is 44.1 Å². The van der Waals surface area contributed by atoms with Gasteiger partial charge >= 0.3 is 30.0 Å². The number of amides is 1. The molecule has 1 heterocycles. The lowest BCUT2D eigenvalue weighted by Gasteiger charge is -2.44. The quantitative estimate of drug-likeness (QED) is 0.0789. The van der Waals surface area contributed by atoms with Gasteiger partial charge in [-0.15, -0.1) is 0 Å². The second-order valence-corrected chi connectivity index (χ2v) is 12.5. The Morgan fingerprint density at radius 3 is 2.04 bits per heavy atom. The number of benzene rings is 3. The van der Waals surface area contributed by atoms with E-state index >= 15 is 0 Å². The van der Waals surface area contributed by atoms with E-state index in [1.165, 1.54) is 18.2 Å². The van der Waals surface area contributed by atoms with Crippen LogP contribution in [0.5, 0.6) is 5.75 Å². The van der Waals surface area contributed by atoms with Gasteiger partial charge in [0.25, 0.3) is 0 Å². The van der Waals surface area contributed by atoms with Crippen LogP contribution in [0, 0.1) is 29.6 Å². The van der Waals surface area contributed by atoms with Gasteiger partial charge < -0.3 is 39.6 Å². The van der Waals surface area contributed by atoms with E-state index in [2.05, 4.69) is 17.2 Å². The van der Waals surface area contributed by atoms with Gasteiger partial charge in [-0.2, -0.15) is 0 Å². The van der Waals surface area contributed by atoms with Crippen molar-refractivity contribution in [3.05, 3.63) is 89.0 Å². The molecule has 14 nitrogen and oxygen atoms in total. The number of fused-ring (bicyclic) bond motifs is 3. The van der Waals surface area contributed by atoms with Crippen LogP contribution in [0.15, 0.2) is 66.7 Å². The maximum atomic E-state index is 12.7. The van der Waals surface area contributed by atoms with Crippen molar-refractivity contribution in [3.63, 3.8) is 0 Å². The molecule has 3 aromatic rings. The Labute approximate surface area is 304 Å². The maximum absolute atomic E-state index is 12.7. The summed E-state index contributed by atoms with van der Waals surface area (Å²) < 4.78 is 22.1. The van der Waals surface area contributed by atoms with Gasteiger partial charge in [-0.05, 0) is 46.4 Å². The van der Waals surface area contributed by atoms with Crippen molar-refractivity contribution >= 4 is 36.3 Å². The molecule has 4 N–H and O–H groups in total. The number of carbonyl (C=O) groups is 6. The van der Waals surface area contributed by atoms with Crippen LogP contribution in [-0.2, 0) is 33.4 Å². The molecule has 5 rings (SSSR count). The summed E-state index contributed by atoms with van der Waals surface area (Å²) in [6, 6.07) is 20.1. The van der Waals surface area contributed by atoms with Gasteiger partial charge in [0.05, 0.1) is 20.0 Å². The topological polar surface area (TPSA) is 212 Å². The van der Waals surface area contributed by atoms with E-state index in [0.717, 1.165) is 29.4 Å². The summed E-state index contributed by atoms with van der Waals surface area (Å²) in [7, 11) is 1.05. The van der Waals surface area contributed by atoms with Gasteiger partial charge in [0.1, 0.15) is 12.4 Å². The minimum Gasteiger partial charge on any atom is -0.481 e. The van der Waals surface area contributed by atoms with Crippen molar-refractivity contribution < 1.29 is 63.0 Å². The van der Waals surface area contributed by atoms with Crippen LogP contribution in [0.2, 0.25) is 0 Å². The number of nitrogens with one attached hydrogen (secondary N) is 1. The molecule has 0 bridgehead atoms. The van der Waals surface area contributed by atoms with Crippen LogP contribution in [-0.4, -0.2) is 84.2 Å². The summed E-state index contributed by atoms with van der Waals surface area (Å²) in [4.78, 5) is 72.5. The number of carboxylic acids is 3. The SMILES string of the molecule is COC(=O)[C@H]1O[C@@H](Oc2ccc(C=O)c(C#CCCNC(=O)OCC3c4ccccc4-c4ccccc43)c2)[C@H](CC(=O)O)[C@@H](CC(=O)O)[C@@H]1CC(=O)O. The number of esters is 1. The number of carbonyl (C=O) groups excluding carboxylic acids is 3. The van der Waals surface area contributed by atoms with Gasteiger partial charge in [0.2, 0.25) is 6.29 Å². The Bertz CT molecular complexity index is 1900. The van der Waals surface area contributed by atoms with Crippen LogP contribution < -0.4 is 10.1 Å². The highest BCUT2D eigenvalue weighted by molar-refractivity contribution is 5.81. The van der Waals surface area contributed by atoms with E-state index in [4.69, 9.17) is 18.9 Å². The maximum Gasteiger partial charge on any atom is 0.407 e. The van der Waals surface area contributed by atoms with Crippen molar-refractivity contribution in [1.82, 2.24) is 5.32 Å². The van der Waals surface area contributed by atoms with Crippen LogP contribution in [0.1, 0.15) is 58.6 Å². The molecule has 1 aliphatic heterocycles. The fourth-order valence-electron chi connectivity index (χ4n) is 6.95. The smallest absolute Gasteiger partial charge is 0.407 e. The van der Waals surface area contributed by atoms with E-state index in [1.54, 1.807) is 0 Å². The molecule has 0 unspecified atom stereocenters. The summed E-state index contributed by atoms with van der Waals surface area (Å²) >= 11 is 0. The highest BCUT2D eigenvalue weighted by atomic mass is 16.7. The molecular formula is C39H37NO13. The number of alkyl carbamates (subject to hydrolysis) is 1. The molecule has 14 heteroatoms. The number of aldehydes is 1. The van der Waals surface area contributed by atoms with Crippen molar-refractivity contribution in [3.8, 4) is 28.7 Å². The molecule has 1 aliphatic carbocycles. The molecule has 0 radical (unpaired) electrons.